The number of benzene rings is 1. The number of rotatable bonds is 4. The average molecular weight is 378 g/mol. The molecule has 1 aliphatic rings. The molecule has 0 saturated carbocycles. The summed E-state index contributed by atoms with van der Waals surface area (Å²) in [4.78, 5) is 19.3. The van der Waals surface area contributed by atoms with Crippen LogP contribution in [0.4, 0.5) is 5.69 Å². The Morgan fingerprint density at radius 3 is 2.68 bits per heavy atom. The maximum Gasteiger partial charge on any atom is 0.341 e. The summed E-state index contributed by atoms with van der Waals surface area (Å²) in [5.74, 6) is 0.110. The largest absolute Gasteiger partial charge is 0.462 e. The van der Waals surface area contributed by atoms with Gasteiger partial charge in [-0.05, 0) is 32.8 Å². The molecule has 28 heavy (non-hydrogen) atoms. The van der Waals surface area contributed by atoms with Crippen LogP contribution in [0.3, 0.4) is 0 Å². The molecular weight excluding hydrogens is 352 g/mol. The SMILES string of the molecule is CCOC(=O)c1cnc2c(cnn2C)c1N1CCC(c2cc(C)cc(C)c2)C1. The molecular formula is C22H26N4O2. The normalized spacial score (nSPS) is 16.7. The molecule has 6 heteroatoms. The van der Waals surface area contributed by atoms with Crippen molar-refractivity contribution in [2.45, 2.75) is 33.1 Å². The van der Waals surface area contributed by atoms with E-state index in [2.05, 4.69) is 47.0 Å². The zero-order chi connectivity index (χ0) is 19.8. The van der Waals surface area contributed by atoms with Crippen LogP contribution in [0.2, 0.25) is 0 Å². The number of aromatic nitrogens is 3. The number of hydrogen-bond donors (Lipinski definition) is 0. The molecule has 0 N–H and O–H groups in total. The first-order valence-electron chi connectivity index (χ1n) is 9.79. The van der Waals surface area contributed by atoms with E-state index in [0.29, 0.717) is 18.1 Å². The van der Waals surface area contributed by atoms with Gasteiger partial charge in [0.2, 0.25) is 0 Å². The summed E-state index contributed by atoms with van der Waals surface area (Å²) < 4.78 is 7.04. The number of anilines is 1. The number of aryl methyl sites for hydroxylation is 3. The van der Waals surface area contributed by atoms with Gasteiger partial charge in [0.25, 0.3) is 0 Å². The summed E-state index contributed by atoms with van der Waals surface area (Å²) in [5, 5.41) is 5.25. The van der Waals surface area contributed by atoms with Crippen LogP contribution in [-0.2, 0) is 11.8 Å². The lowest BCUT2D eigenvalue weighted by Gasteiger charge is -2.22. The monoisotopic (exact) mass is 378 g/mol. The molecule has 3 heterocycles. The Labute approximate surface area is 165 Å². The zero-order valence-corrected chi connectivity index (χ0v) is 16.9. The second-order valence-electron chi connectivity index (χ2n) is 7.60. The van der Waals surface area contributed by atoms with Crippen molar-refractivity contribution in [3.8, 4) is 0 Å². The zero-order valence-electron chi connectivity index (χ0n) is 16.9. The van der Waals surface area contributed by atoms with E-state index in [1.165, 1.54) is 16.7 Å². The minimum atomic E-state index is -0.328. The predicted molar refractivity (Wildman–Crippen MR) is 110 cm³/mol. The van der Waals surface area contributed by atoms with Crippen LogP contribution in [0.25, 0.3) is 11.0 Å². The third-order valence-corrected chi connectivity index (χ3v) is 5.45. The molecule has 1 saturated heterocycles. The number of ether oxygens (including phenoxy) is 1. The molecule has 1 unspecified atom stereocenters. The number of hydrogen-bond acceptors (Lipinski definition) is 5. The van der Waals surface area contributed by atoms with Crippen LogP contribution in [-0.4, -0.2) is 40.4 Å². The van der Waals surface area contributed by atoms with Crippen molar-refractivity contribution in [2.75, 3.05) is 24.6 Å². The Morgan fingerprint density at radius 2 is 1.96 bits per heavy atom. The van der Waals surface area contributed by atoms with Crippen LogP contribution >= 0.6 is 0 Å². The summed E-state index contributed by atoms with van der Waals surface area (Å²) >= 11 is 0. The maximum absolute atomic E-state index is 12.6. The lowest BCUT2D eigenvalue weighted by molar-refractivity contribution is 0.0527. The van der Waals surface area contributed by atoms with E-state index in [9.17, 15) is 4.79 Å². The van der Waals surface area contributed by atoms with E-state index in [0.717, 1.165) is 36.2 Å². The maximum atomic E-state index is 12.6. The third kappa shape index (κ3) is 3.23. The number of carbonyl (C=O) groups is 1. The van der Waals surface area contributed by atoms with E-state index < -0.39 is 0 Å². The van der Waals surface area contributed by atoms with Crippen LogP contribution in [0, 0.1) is 13.8 Å². The lowest BCUT2D eigenvalue weighted by Crippen LogP contribution is -2.23. The first-order valence-corrected chi connectivity index (χ1v) is 9.79. The Balaban J connectivity index is 1.74. The fraction of sp³-hybridized carbons (Fsp3) is 0.409. The average Bonchev–Trinajstić information content (AvgIpc) is 3.28. The van der Waals surface area contributed by atoms with Crippen molar-refractivity contribution >= 4 is 22.7 Å². The quantitative estimate of drug-likeness (QED) is 0.647. The highest BCUT2D eigenvalue weighted by Gasteiger charge is 2.30. The van der Waals surface area contributed by atoms with E-state index in [1.54, 1.807) is 17.1 Å². The third-order valence-electron chi connectivity index (χ3n) is 5.45. The van der Waals surface area contributed by atoms with E-state index in [-0.39, 0.29) is 5.97 Å². The van der Waals surface area contributed by atoms with E-state index in [4.69, 9.17) is 4.74 Å². The molecule has 0 aliphatic carbocycles. The summed E-state index contributed by atoms with van der Waals surface area (Å²) in [5.41, 5.74) is 6.14. The van der Waals surface area contributed by atoms with Gasteiger partial charge in [-0.1, -0.05) is 29.3 Å². The molecule has 0 spiro atoms. The van der Waals surface area contributed by atoms with E-state index >= 15 is 0 Å². The minimum Gasteiger partial charge on any atom is -0.462 e. The van der Waals surface area contributed by atoms with Gasteiger partial charge in [-0.15, -0.1) is 0 Å². The molecule has 6 nitrogen and oxygen atoms in total. The molecule has 0 radical (unpaired) electrons. The first-order chi connectivity index (χ1) is 13.5. The highest BCUT2D eigenvalue weighted by Crippen LogP contribution is 2.37. The molecule has 0 amide bonds. The molecule has 2 aromatic heterocycles. The van der Waals surface area contributed by atoms with Crippen LogP contribution in [0.15, 0.2) is 30.6 Å². The van der Waals surface area contributed by atoms with Crippen LogP contribution in [0.1, 0.15) is 46.3 Å². The van der Waals surface area contributed by atoms with Gasteiger partial charge in [-0.3, -0.25) is 4.68 Å². The summed E-state index contributed by atoms with van der Waals surface area (Å²) in [6.07, 6.45) is 4.47. The molecule has 4 rings (SSSR count). The summed E-state index contributed by atoms with van der Waals surface area (Å²) in [6.45, 7) is 8.20. The Kier molecular flexibility index (Phi) is 4.79. The van der Waals surface area contributed by atoms with Gasteiger partial charge in [0.05, 0.1) is 23.9 Å². The molecule has 1 aliphatic heterocycles. The summed E-state index contributed by atoms with van der Waals surface area (Å²) in [6, 6.07) is 6.76. The van der Waals surface area contributed by atoms with Crippen LogP contribution < -0.4 is 4.90 Å². The molecule has 1 aromatic carbocycles. The smallest absolute Gasteiger partial charge is 0.341 e. The van der Waals surface area contributed by atoms with E-state index in [1.807, 2.05) is 14.0 Å². The van der Waals surface area contributed by atoms with Gasteiger partial charge >= 0.3 is 5.97 Å². The second-order valence-corrected chi connectivity index (χ2v) is 7.60. The Morgan fingerprint density at radius 1 is 1.21 bits per heavy atom. The summed E-state index contributed by atoms with van der Waals surface area (Å²) in [7, 11) is 1.87. The van der Waals surface area contributed by atoms with Crippen LogP contribution in [0.5, 0.6) is 0 Å². The highest BCUT2D eigenvalue weighted by atomic mass is 16.5. The van der Waals surface area contributed by atoms with Crippen molar-refractivity contribution in [3.05, 3.63) is 52.8 Å². The van der Waals surface area contributed by atoms with Crippen molar-refractivity contribution in [1.29, 1.82) is 0 Å². The van der Waals surface area contributed by atoms with Gasteiger partial charge in [0.1, 0.15) is 5.56 Å². The first kappa shape index (κ1) is 18.5. The fourth-order valence-corrected chi connectivity index (χ4v) is 4.26. The van der Waals surface area contributed by atoms with Gasteiger partial charge < -0.3 is 9.64 Å². The highest BCUT2D eigenvalue weighted by molar-refractivity contribution is 6.04. The minimum absolute atomic E-state index is 0.328. The topological polar surface area (TPSA) is 60.2 Å². The van der Waals surface area contributed by atoms with Crippen molar-refractivity contribution < 1.29 is 9.53 Å². The molecule has 1 fully saturated rings. The van der Waals surface area contributed by atoms with Crippen molar-refractivity contribution in [3.63, 3.8) is 0 Å². The van der Waals surface area contributed by atoms with Gasteiger partial charge in [0, 0.05) is 32.3 Å². The molecule has 146 valence electrons. The number of fused-ring (bicyclic) bond motifs is 1. The number of esters is 1. The van der Waals surface area contributed by atoms with Crippen molar-refractivity contribution in [1.82, 2.24) is 14.8 Å². The second kappa shape index (κ2) is 7.26. The molecule has 0 bridgehead atoms. The predicted octanol–water partition coefficient (Wildman–Crippen LogP) is 3.76. The van der Waals surface area contributed by atoms with Crippen molar-refractivity contribution in [2.24, 2.45) is 7.05 Å². The standard InChI is InChI=1S/C22H26N4O2/c1-5-28-22(27)19-11-23-21-18(12-24-25(21)4)20(19)26-7-6-16(13-26)17-9-14(2)8-15(3)10-17/h8-12,16H,5-7,13H2,1-4H3. The Bertz CT molecular complexity index is 1020. The molecule has 1 atom stereocenters. The van der Waals surface area contributed by atoms with Gasteiger partial charge in [-0.25, -0.2) is 9.78 Å². The molecule has 3 aromatic rings. The lowest BCUT2D eigenvalue weighted by atomic mass is 9.95. The van der Waals surface area contributed by atoms with Gasteiger partial charge in [-0.2, -0.15) is 5.10 Å². The number of pyridine rings is 1. The number of carbonyl (C=O) groups excluding carboxylic acids is 1. The number of nitrogens with zero attached hydrogens (tertiary/aromatic N) is 4. The van der Waals surface area contributed by atoms with Gasteiger partial charge in [0.15, 0.2) is 5.65 Å². The Hall–Kier alpha value is -2.89. The fourth-order valence-electron chi connectivity index (χ4n) is 4.26.